The Morgan fingerprint density at radius 1 is 1.50 bits per heavy atom. The Morgan fingerprint density at radius 2 is 2.07 bits per heavy atom. The average molecular weight is 205 g/mol. The minimum atomic E-state index is -2.18. The van der Waals surface area contributed by atoms with Gasteiger partial charge in [-0.05, 0) is 0 Å². The van der Waals surface area contributed by atoms with E-state index in [9.17, 15) is 20.1 Å². The number of carboxylic acids is 1. The molecule has 0 saturated heterocycles. The minimum Gasteiger partial charge on any atom is -0.479 e. The number of hydrogen-bond acceptors (Lipinski definition) is 6. The Kier molecular flexibility index (Phi) is 2.74. The molecule has 7 heteroatoms. The van der Waals surface area contributed by atoms with Crippen LogP contribution < -0.4 is 0 Å². The van der Waals surface area contributed by atoms with Crippen LogP contribution in [0.5, 0.6) is 0 Å². The molecular weight excluding hydrogens is 194 g/mol. The van der Waals surface area contributed by atoms with Gasteiger partial charge in [-0.2, -0.15) is 0 Å². The molecule has 0 bridgehead atoms. The summed E-state index contributed by atoms with van der Waals surface area (Å²) in [6, 6.07) is 0. The molecule has 1 aliphatic carbocycles. The van der Waals surface area contributed by atoms with E-state index in [-0.39, 0.29) is 5.71 Å². The quantitative estimate of drug-likeness (QED) is 0.252. The van der Waals surface area contributed by atoms with Crippen molar-refractivity contribution >= 4 is 11.7 Å². The Labute approximate surface area is 78.9 Å². The normalized spacial score (nSPS) is 41.2. The van der Waals surface area contributed by atoms with E-state index < -0.39 is 36.6 Å². The van der Waals surface area contributed by atoms with Gasteiger partial charge in [-0.25, -0.2) is 4.79 Å². The van der Waals surface area contributed by atoms with E-state index in [4.69, 9.17) is 10.3 Å². The van der Waals surface area contributed by atoms with E-state index in [1.807, 2.05) is 0 Å². The van der Waals surface area contributed by atoms with Crippen molar-refractivity contribution in [3.8, 4) is 0 Å². The molecule has 14 heavy (non-hydrogen) atoms. The molecule has 0 radical (unpaired) electrons. The SMILES string of the molecule is O=C(O)C1(O)C/C(=N\O)C(O)C(O)C1. The molecule has 3 atom stereocenters. The Morgan fingerprint density at radius 3 is 2.50 bits per heavy atom. The molecule has 1 rings (SSSR count). The molecule has 0 aliphatic heterocycles. The highest BCUT2D eigenvalue weighted by Crippen LogP contribution is 2.27. The van der Waals surface area contributed by atoms with Gasteiger partial charge in [0.1, 0.15) is 6.10 Å². The van der Waals surface area contributed by atoms with Crippen LogP contribution in [0.1, 0.15) is 12.8 Å². The van der Waals surface area contributed by atoms with Gasteiger partial charge in [-0.3, -0.25) is 0 Å². The van der Waals surface area contributed by atoms with Crippen molar-refractivity contribution in [1.29, 1.82) is 0 Å². The molecule has 3 unspecified atom stereocenters. The molecule has 1 fully saturated rings. The molecule has 5 N–H and O–H groups in total. The van der Waals surface area contributed by atoms with Crippen molar-refractivity contribution in [2.75, 3.05) is 0 Å². The van der Waals surface area contributed by atoms with Gasteiger partial charge in [0.25, 0.3) is 0 Å². The molecule has 0 aromatic heterocycles. The van der Waals surface area contributed by atoms with Crippen molar-refractivity contribution < 1.29 is 30.4 Å². The van der Waals surface area contributed by atoms with Crippen molar-refractivity contribution in [2.45, 2.75) is 30.7 Å². The second kappa shape index (κ2) is 3.52. The molecule has 0 aromatic carbocycles. The summed E-state index contributed by atoms with van der Waals surface area (Å²) in [4.78, 5) is 10.6. The van der Waals surface area contributed by atoms with Gasteiger partial charge in [0.15, 0.2) is 5.60 Å². The van der Waals surface area contributed by atoms with Gasteiger partial charge in [0, 0.05) is 12.8 Å². The summed E-state index contributed by atoms with van der Waals surface area (Å²) in [6.45, 7) is 0. The zero-order valence-corrected chi connectivity index (χ0v) is 7.16. The van der Waals surface area contributed by atoms with Crippen LogP contribution in [0.15, 0.2) is 5.16 Å². The van der Waals surface area contributed by atoms with Gasteiger partial charge in [-0.15, -0.1) is 0 Å². The Hall–Kier alpha value is -1.18. The minimum absolute atomic E-state index is 0.339. The number of aliphatic hydroxyl groups is 3. The lowest BCUT2D eigenvalue weighted by molar-refractivity contribution is -0.164. The fourth-order valence-electron chi connectivity index (χ4n) is 1.41. The third-order valence-electron chi connectivity index (χ3n) is 2.25. The molecule has 0 heterocycles. The van der Waals surface area contributed by atoms with Crippen LogP contribution in [0, 0.1) is 0 Å². The zero-order chi connectivity index (χ0) is 10.9. The number of aliphatic hydroxyl groups excluding tert-OH is 2. The van der Waals surface area contributed by atoms with Crippen LogP contribution in [-0.4, -0.2) is 55.1 Å². The molecule has 0 aromatic rings. The first-order valence-corrected chi connectivity index (χ1v) is 3.93. The maximum atomic E-state index is 10.6. The predicted octanol–water partition coefficient (Wildman–Crippen LogP) is -1.85. The summed E-state index contributed by atoms with van der Waals surface area (Å²) in [5.74, 6) is -1.52. The standard InChI is InChI=1S/C7H11NO6/c9-4-2-7(13,6(11)12)1-3(8-14)5(4)10/h4-5,9-10,13-14H,1-2H2,(H,11,12)/b8-3+. The van der Waals surface area contributed by atoms with Crippen LogP contribution in [0.2, 0.25) is 0 Å². The van der Waals surface area contributed by atoms with E-state index in [0.29, 0.717) is 0 Å². The van der Waals surface area contributed by atoms with Crippen LogP contribution in [0.4, 0.5) is 0 Å². The first kappa shape index (κ1) is 10.9. The van der Waals surface area contributed by atoms with Gasteiger partial charge >= 0.3 is 5.97 Å². The summed E-state index contributed by atoms with van der Waals surface area (Å²) >= 11 is 0. The fraction of sp³-hybridized carbons (Fsp3) is 0.714. The maximum absolute atomic E-state index is 10.6. The number of carboxylic acid groups (broad SMARTS) is 1. The second-order valence-corrected chi connectivity index (χ2v) is 3.32. The number of oxime groups is 1. The lowest BCUT2D eigenvalue weighted by Crippen LogP contribution is -2.54. The molecule has 7 nitrogen and oxygen atoms in total. The largest absolute Gasteiger partial charge is 0.479 e. The Balaban J connectivity index is 2.93. The average Bonchev–Trinajstić information content (AvgIpc) is 2.11. The van der Waals surface area contributed by atoms with Crippen LogP contribution in [-0.2, 0) is 4.79 Å². The monoisotopic (exact) mass is 205 g/mol. The first-order chi connectivity index (χ1) is 6.40. The first-order valence-electron chi connectivity index (χ1n) is 3.93. The molecular formula is C7H11NO6. The third kappa shape index (κ3) is 1.69. The number of hydrogen-bond donors (Lipinski definition) is 5. The smallest absolute Gasteiger partial charge is 0.336 e. The summed E-state index contributed by atoms with van der Waals surface area (Å²) in [5, 5.41) is 47.6. The number of carbonyl (C=O) groups is 1. The molecule has 0 amide bonds. The molecule has 1 aliphatic rings. The van der Waals surface area contributed by atoms with Gasteiger partial charge in [0.2, 0.25) is 0 Å². The van der Waals surface area contributed by atoms with Crippen molar-refractivity contribution in [3.05, 3.63) is 0 Å². The van der Waals surface area contributed by atoms with Crippen LogP contribution in [0.3, 0.4) is 0 Å². The number of nitrogens with zero attached hydrogens (tertiary/aromatic N) is 1. The van der Waals surface area contributed by atoms with Crippen molar-refractivity contribution in [2.24, 2.45) is 5.16 Å². The topological polar surface area (TPSA) is 131 Å². The predicted molar refractivity (Wildman–Crippen MR) is 43.1 cm³/mol. The fourth-order valence-corrected chi connectivity index (χ4v) is 1.41. The highest BCUT2D eigenvalue weighted by atomic mass is 16.4. The van der Waals surface area contributed by atoms with E-state index in [0.717, 1.165) is 0 Å². The summed E-state index contributed by atoms with van der Waals surface area (Å²) in [6.07, 6.45) is -3.88. The molecule has 80 valence electrons. The van der Waals surface area contributed by atoms with E-state index in [2.05, 4.69) is 5.16 Å². The van der Waals surface area contributed by atoms with E-state index >= 15 is 0 Å². The summed E-state index contributed by atoms with van der Waals surface area (Å²) in [7, 11) is 0. The second-order valence-electron chi connectivity index (χ2n) is 3.32. The lowest BCUT2D eigenvalue weighted by atomic mass is 9.80. The molecule has 0 spiro atoms. The number of rotatable bonds is 1. The number of aliphatic carboxylic acids is 1. The zero-order valence-electron chi connectivity index (χ0n) is 7.16. The van der Waals surface area contributed by atoms with E-state index in [1.54, 1.807) is 0 Å². The highest BCUT2D eigenvalue weighted by molar-refractivity contribution is 5.95. The van der Waals surface area contributed by atoms with Crippen LogP contribution >= 0.6 is 0 Å². The third-order valence-corrected chi connectivity index (χ3v) is 2.25. The highest BCUT2D eigenvalue weighted by Gasteiger charge is 2.47. The summed E-state index contributed by atoms with van der Waals surface area (Å²) in [5.41, 5.74) is -2.52. The van der Waals surface area contributed by atoms with Gasteiger partial charge in [-0.1, -0.05) is 5.16 Å². The van der Waals surface area contributed by atoms with Gasteiger partial charge in [0.05, 0.1) is 11.8 Å². The summed E-state index contributed by atoms with van der Waals surface area (Å²) < 4.78 is 0. The Bertz CT molecular complexity index is 277. The molecule has 1 saturated carbocycles. The van der Waals surface area contributed by atoms with Crippen molar-refractivity contribution in [3.63, 3.8) is 0 Å². The van der Waals surface area contributed by atoms with Crippen molar-refractivity contribution in [1.82, 2.24) is 0 Å². The lowest BCUT2D eigenvalue weighted by Gasteiger charge is -2.34. The maximum Gasteiger partial charge on any atom is 0.336 e. The van der Waals surface area contributed by atoms with Gasteiger partial charge < -0.3 is 25.6 Å². The van der Waals surface area contributed by atoms with Crippen LogP contribution in [0.25, 0.3) is 0 Å². The van der Waals surface area contributed by atoms with E-state index in [1.165, 1.54) is 0 Å².